The molecule has 0 aromatic carbocycles. The van der Waals surface area contributed by atoms with Gasteiger partial charge in [-0.3, -0.25) is 0 Å². The van der Waals surface area contributed by atoms with E-state index in [1.165, 1.54) is 0 Å². The number of halogens is 1. The van der Waals surface area contributed by atoms with Crippen molar-refractivity contribution in [3.63, 3.8) is 0 Å². The van der Waals surface area contributed by atoms with Crippen LogP contribution in [0.15, 0.2) is 12.5 Å². The molecule has 0 bridgehead atoms. The van der Waals surface area contributed by atoms with Crippen molar-refractivity contribution in [3.05, 3.63) is 18.2 Å². The SMILES string of the molecule is CC(OCC(=O)O)c1cn(C)cn1.Cl. The third-order valence-electron chi connectivity index (χ3n) is 1.60. The fourth-order valence-electron chi connectivity index (χ4n) is 0.925. The quantitative estimate of drug-likeness (QED) is 0.823. The third kappa shape index (κ3) is 3.76. The summed E-state index contributed by atoms with van der Waals surface area (Å²) in [5.74, 6) is -0.970. The molecule has 0 aliphatic rings. The van der Waals surface area contributed by atoms with Crippen molar-refractivity contribution in [2.24, 2.45) is 7.05 Å². The van der Waals surface area contributed by atoms with Gasteiger partial charge in [-0.05, 0) is 6.92 Å². The Morgan fingerprint density at radius 3 is 2.86 bits per heavy atom. The normalized spacial score (nSPS) is 11.9. The molecule has 1 heterocycles. The standard InChI is InChI=1S/C8H12N2O3.ClH/c1-6(13-4-8(11)12)7-3-10(2)5-9-7;/h3,5-6H,4H2,1-2H3,(H,11,12);1H. The third-order valence-corrected chi connectivity index (χ3v) is 1.60. The second kappa shape index (κ2) is 5.62. The van der Waals surface area contributed by atoms with Crippen molar-refractivity contribution in [1.29, 1.82) is 0 Å². The average molecular weight is 221 g/mol. The Hall–Kier alpha value is -1.07. The van der Waals surface area contributed by atoms with E-state index >= 15 is 0 Å². The molecule has 6 heteroatoms. The van der Waals surface area contributed by atoms with E-state index in [2.05, 4.69) is 4.98 Å². The fraction of sp³-hybridized carbons (Fsp3) is 0.500. The zero-order valence-electron chi connectivity index (χ0n) is 8.01. The molecule has 1 rings (SSSR count). The van der Waals surface area contributed by atoms with Crippen LogP contribution in [-0.2, 0) is 16.6 Å². The number of aliphatic carboxylic acids is 1. The molecular formula is C8H13ClN2O3. The molecular weight excluding hydrogens is 208 g/mol. The van der Waals surface area contributed by atoms with Crippen LogP contribution in [0.2, 0.25) is 0 Å². The van der Waals surface area contributed by atoms with Crippen LogP contribution in [-0.4, -0.2) is 27.2 Å². The molecule has 0 aliphatic heterocycles. The summed E-state index contributed by atoms with van der Waals surface area (Å²) in [4.78, 5) is 14.2. The molecule has 1 unspecified atom stereocenters. The zero-order valence-corrected chi connectivity index (χ0v) is 8.82. The van der Waals surface area contributed by atoms with Gasteiger partial charge >= 0.3 is 5.97 Å². The number of rotatable bonds is 4. The molecule has 0 amide bonds. The van der Waals surface area contributed by atoms with Crippen LogP contribution in [0, 0.1) is 0 Å². The Kier molecular flexibility index (Phi) is 5.19. The molecule has 1 aromatic rings. The van der Waals surface area contributed by atoms with Gasteiger partial charge in [-0.2, -0.15) is 0 Å². The van der Waals surface area contributed by atoms with E-state index in [1.807, 2.05) is 7.05 Å². The summed E-state index contributed by atoms with van der Waals surface area (Å²) in [6.07, 6.45) is 3.17. The van der Waals surface area contributed by atoms with Crippen LogP contribution in [0.1, 0.15) is 18.7 Å². The average Bonchev–Trinajstić information content (AvgIpc) is 2.47. The van der Waals surface area contributed by atoms with Crippen LogP contribution in [0.4, 0.5) is 0 Å². The Balaban J connectivity index is 0.00000169. The highest BCUT2D eigenvalue weighted by atomic mass is 35.5. The smallest absolute Gasteiger partial charge is 0.329 e. The zero-order chi connectivity index (χ0) is 9.84. The van der Waals surface area contributed by atoms with Gasteiger partial charge in [0.2, 0.25) is 0 Å². The number of carbonyl (C=O) groups is 1. The van der Waals surface area contributed by atoms with Crippen LogP contribution < -0.4 is 0 Å². The highest BCUT2D eigenvalue weighted by molar-refractivity contribution is 5.85. The lowest BCUT2D eigenvalue weighted by molar-refractivity contribution is -0.144. The molecule has 5 nitrogen and oxygen atoms in total. The molecule has 0 fully saturated rings. The number of carboxylic acids is 1. The maximum absolute atomic E-state index is 10.2. The summed E-state index contributed by atoms with van der Waals surface area (Å²) in [6.45, 7) is 1.48. The van der Waals surface area contributed by atoms with Gasteiger partial charge in [-0.15, -0.1) is 12.4 Å². The summed E-state index contributed by atoms with van der Waals surface area (Å²) >= 11 is 0. The van der Waals surface area contributed by atoms with Gasteiger partial charge in [0.1, 0.15) is 6.61 Å². The van der Waals surface area contributed by atoms with Gasteiger partial charge in [0.05, 0.1) is 18.1 Å². The first kappa shape index (κ1) is 12.9. The number of imidazole rings is 1. The van der Waals surface area contributed by atoms with Crippen LogP contribution in [0.5, 0.6) is 0 Å². The molecule has 0 saturated heterocycles. The minimum Gasteiger partial charge on any atom is -0.480 e. The monoisotopic (exact) mass is 220 g/mol. The molecule has 0 radical (unpaired) electrons. The minimum atomic E-state index is -0.970. The van der Waals surface area contributed by atoms with Crippen molar-refractivity contribution in [3.8, 4) is 0 Å². The van der Waals surface area contributed by atoms with E-state index in [-0.39, 0.29) is 25.1 Å². The summed E-state index contributed by atoms with van der Waals surface area (Å²) in [5.41, 5.74) is 0.740. The predicted octanol–water partition coefficient (Wildman–Crippen LogP) is 1.00. The van der Waals surface area contributed by atoms with Gasteiger partial charge in [0, 0.05) is 13.2 Å². The summed E-state index contributed by atoms with van der Waals surface area (Å²) in [7, 11) is 1.85. The number of carboxylic acid groups (broad SMARTS) is 1. The molecule has 0 aliphatic carbocycles. The maximum Gasteiger partial charge on any atom is 0.329 e. The van der Waals surface area contributed by atoms with Gasteiger partial charge in [0.25, 0.3) is 0 Å². The molecule has 1 atom stereocenters. The number of hydrogen-bond donors (Lipinski definition) is 1. The largest absolute Gasteiger partial charge is 0.480 e. The molecule has 14 heavy (non-hydrogen) atoms. The topological polar surface area (TPSA) is 64.3 Å². The first-order valence-electron chi connectivity index (χ1n) is 3.91. The van der Waals surface area contributed by atoms with E-state index in [0.29, 0.717) is 0 Å². The minimum absolute atomic E-state index is 0. The number of aromatic nitrogens is 2. The second-order valence-electron chi connectivity index (χ2n) is 2.81. The molecule has 0 spiro atoms. The Labute approximate surface area is 88.1 Å². The molecule has 1 N–H and O–H groups in total. The number of hydrogen-bond acceptors (Lipinski definition) is 3. The van der Waals surface area contributed by atoms with Gasteiger partial charge < -0.3 is 14.4 Å². The lowest BCUT2D eigenvalue weighted by Gasteiger charge is -2.07. The number of nitrogens with zero attached hydrogens (tertiary/aromatic N) is 2. The highest BCUT2D eigenvalue weighted by Crippen LogP contribution is 2.12. The predicted molar refractivity (Wildman–Crippen MR) is 52.5 cm³/mol. The lowest BCUT2D eigenvalue weighted by atomic mass is 10.3. The Morgan fingerprint density at radius 1 is 1.79 bits per heavy atom. The Bertz CT molecular complexity index is 301. The lowest BCUT2D eigenvalue weighted by Crippen LogP contribution is -2.10. The van der Waals surface area contributed by atoms with E-state index in [9.17, 15) is 4.79 Å². The summed E-state index contributed by atoms with van der Waals surface area (Å²) in [6, 6.07) is 0. The highest BCUT2D eigenvalue weighted by Gasteiger charge is 2.09. The van der Waals surface area contributed by atoms with E-state index in [1.54, 1.807) is 24.0 Å². The first-order chi connectivity index (χ1) is 6.09. The van der Waals surface area contributed by atoms with E-state index in [0.717, 1.165) is 5.69 Å². The fourth-order valence-corrected chi connectivity index (χ4v) is 0.925. The van der Waals surface area contributed by atoms with E-state index < -0.39 is 5.97 Å². The molecule has 1 aromatic heterocycles. The van der Waals surface area contributed by atoms with Gasteiger partial charge in [-0.1, -0.05) is 0 Å². The summed E-state index contributed by atoms with van der Waals surface area (Å²) in [5, 5.41) is 8.36. The van der Waals surface area contributed by atoms with Crippen LogP contribution >= 0.6 is 12.4 Å². The maximum atomic E-state index is 10.2. The second-order valence-corrected chi connectivity index (χ2v) is 2.81. The van der Waals surface area contributed by atoms with Crippen LogP contribution in [0.25, 0.3) is 0 Å². The van der Waals surface area contributed by atoms with Gasteiger partial charge in [0.15, 0.2) is 0 Å². The molecule has 80 valence electrons. The van der Waals surface area contributed by atoms with Crippen molar-refractivity contribution < 1.29 is 14.6 Å². The van der Waals surface area contributed by atoms with Crippen molar-refractivity contribution >= 4 is 18.4 Å². The number of aryl methyl sites for hydroxylation is 1. The van der Waals surface area contributed by atoms with Crippen LogP contribution in [0.3, 0.4) is 0 Å². The van der Waals surface area contributed by atoms with Gasteiger partial charge in [-0.25, -0.2) is 9.78 Å². The van der Waals surface area contributed by atoms with Crippen molar-refractivity contribution in [2.45, 2.75) is 13.0 Å². The first-order valence-corrected chi connectivity index (χ1v) is 3.91. The van der Waals surface area contributed by atoms with Crippen molar-refractivity contribution in [2.75, 3.05) is 6.61 Å². The Morgan fingerprint density at radius 2 is 2.43 bits per heavy atom. The van der Waals surface area contributed by atoms with Crippen molar-refractivity contribution in [1.82, 2.24) is 9.55 Å². The molecule has 0 saturated carbocycles. The number of ether oxygens (including phenoxy) is 1. The summed E-state index contributed by atoms with van der Waals surface area (Å²) < 4.78 is 6.82. The van der Waals surface area contributed by atoms with E-state index in [4.69, 9.17) is 9.84 Å².